The van der Waals surface area contributed by atoms with Crippen molar-refractivity contribution >= 4 is 58.9 Å². The van der Waals surface area contributed by atoms with Crippen LogP contribution in [-0.2, 0) is 0 Å². The summed E-state index contributed by atoms with van der Waals surface area (Å²) < 4.78 is 0. The minimum Gasteiger partial charge on any atom is -0.354 e. The molecule has 2 rings (SSSR count). The number of aromatic nitrogens is 6. The Kier molecular flexibility index (Phi) is 37.7. The Balaban J connectivity index is 2.03. The van der Waals surface area contributed by atoms with Crippen LogP contribution in [0, 0.1) is 0 Å². The third-order valence-electron chi connectivity index (χ3n) is 11.0. The maximum Gasteiger partial charge on any atom is 0.227 e. The fraction of sp³-hybridized carbons (Fsp3) is 0.875. The lowest BCUT2D eigenvalue weighted by atomic mass is 10.2. The number of thioether (sulfide) groups is 4. The van der Waals surface area contributed by atoms with E-state index >= 15 is 0 Å². The maximum absolute atomic E-state index is 4.97. The van der Waals surface area contributed by atoms with Gasteiger partial charge < -0.3 is 10.6 Å². The number of nitrogens with zero attached hydrogens (tertiary/aromatic N) is 10. The zero-order valence-electron chi connectivity index (χ0n) is 42.1. The standard InChI is InChI=1S/C48H94N12S4/c1-9-17-31-57(32-18-10-2)39-61-45-51-43(52-46(55-45)62-40-58(33-19-11-3)34-20-12-4)49-29-27-25-26-28-30-50-44-53-47(63-41-59(35-21-13-5)36-22-14-6)56-48(54-44)64-42-60(37-23-15-7)38-24-16-8/h9-42H2,1-8H3,(H,49,51,52,55)(H,50,53,54,56). The minimum absolute atomic E-state index is 0.707. The number of nitrogens with one attached hydrogen (secondary N) is 2. The fourth-order valence-corrected chi connectivity index (χ4v) is 10.3. The topological polar surface area (TPSA) is 114 Å². The van der Waals surface area contributed by atoms with E-state index in [1.165, 1.54) is 103 Å². The van der Waals surface area contributed by atoms with E-state index in [1.807, 2.05) is 0 Å². The molecule has 0 unspecified atom stereocenters. The van der Waals surface area contributed by atoms with Crippen molar-refractivity contribution in [2.45, 2.75) is 204 Å². The van der Waals surface area contributed by atoms with Crippen LogP contribution in [0.1, 0.15) is 184 Å². The Morgan fingerprint density at radius 2 is 0.516 bits per heavy atom. The van der Waals surface area contributed by atoms with Gasteiger partial charge in [0.2, 0.25) is 11.9 Å². The third kappa shape index (κ3) is 29.6. The molecule has 2 aromatic heterocycles. The molecule has 0 aliphatic rings. The van der Waals surface area contributed by atoms with E-state index in [1.54, 1.807) is 47.0 Å². The Morgan fingerprint density at radius 1 is 0.297 bits per heavy atom. The number of unbranched alkanes of at least 4 members (excludes halogenated alkanes) is 11. The van der Waals surface area contributed by atoms with E-state index < -0.39 is 0 Å². The predicted molar refractivity (Wildman–Crippen MR) is 284 cm³/mol. The van der Waals surface area contributed by atoms with E-state index in [0.717, 1.165) is 135 Å². The largest absolute Gasteiger partial charge is 0.354 e. The van der Waals surface area contributed by atoms with Gasteiger partial charge in [-0.25, -0.2) is 0 Å². The summed E-state index contributed by atoms with van der Waals surface area (Å²) in [5.41, 5.74) is 0. The Labute approximate surface area is 410 Å². The second-order valence-corrected chi connectivity index (χ2v) is 20.8. The van der Waals surface area contributed by atoms with Crippen LogP contribution in [0.15, 0.2) is 20.6 Å². The monoisotopic (exact) mass is 967 g/mol. The number of hydrogen-bond acceptors (Lipinski definition) is 16. The summed E-state index contributed by atoms with van der Waals surface area (Å²) in [6.45, 7) is 28.9. The molecule has 0 atom stereocenters. The van der Waals surface area contributed by atoms with Gasteiger partial charge in [-0.15, -0.1) is 0 Å². The average molecular weight is 968 g/mol. The van der Waals surface area contributed by atoms with Gasteiger partial charge in [0.05, 0.1) is 23.5 Å². The average Bonchev–Trinajstić information content (AvgIpc) is 3.31. The molecule has 0 bridgehead atoms. The van der Waals surface area contributed by atoms with Crippen molar-refractivity contribution in [3.63, 3.8) is 0 Å². The van der Waals surface area contributed by atoms with Gasteiger partial charge in [0.1, 0.15) is 0 Å². The van der Waals surface area contributed by atoms with Crippen LogP contribution in [-0.4, -0.2) is 138 Å². The molecular formula is C48H94N12S4. The van der Waals surface area contributed by atoms with Gasteiger partial charge in [0.15, 0.2) is 20.6 Å². The van der Waals surface area contributed by atoms with Crippen LogP contribution in [0.3, 0.4) is 0 Å². The van der Waals surface area contributed by atoms with Crippen LogP contribution in [0.2, 0.25) is 0 Å². The van der Waals surface area contributed by atoms with Gasteiger partial charge >= 0.3 is 0 Å². The molecule has 0 aliphatic heterocycles. The Bertz CT molecular complexity index is 1160. The molecule has 0 aromatic carbocycles. The molecule has 0 saturated heterocycles. The molecule has 2 aromatic rings. The van der Waals surface area contributed by atoms with Gasteiger partial charge in [-0.3, -0.25) is 19.6 Å². The van der Waals surface area contributed by atoms with Crippen molar-refractivity contribution in [1.82, 2.24) is 49.5 Å². The van der Waals surface area contributed by atoms with Gasteiger partial charge in [-0.05, 0) is 117 Å². The lowest BCUT2D eigenvalue weighted by Gasteiger charge is -2.22. The van der Waals surface area contributed by atoms with Crippen molar-refractivity contribution in [1.29, 1.82) is 0 Å². The summed E-state index contributed by atoms with van der Waals surface area (Å²) in [6.07, 6.45) is 23.9. The second-order valence-electron chi connectivity index (χ2n) is 17.1. The van der Waals surface area contributed by atoms with Crippen LogP contribution in [0.5, 0.6) is 0 Å². The van der Waals surface area contributed by atoms with Crippen LogP contribution >= 0.6 is 47.0 Å². The van der Waals surface area contributed by atoms with E-state index in [9.17, 15) is 0 Å². The first-order chi connectivity index (χ1) is 31.4. The first-order valence-electron chi connectivity index (χ1n) is 25.8. The number of hydrogen-bond donors (Lipinski definition) is 2. The molecule has 64 heavy (non-hydrogen) atoms. The quantitative estimate of drug-likeness (QED) is 0.0372. The molecule has 2 heterocycles. The van der Waals surface area contributed by atoms with Crippen LogP contribution in [0.4, 0.5) is 11.9 Å². The van der Waals surface area contributed by atoms with Crippen molar-refractivity contribution in [3.05, 3.63) is 0 Å². The van der Waals surface area contributed by atoms with E-state index in [0.29, 0.717) is 11.9 Å². The van der Waals surface area contributed by atoms with Gasteiger partial charge in [-0.2, -0.15) is 29.9 Å². The molecule has 370 valence electrons. The minimum atomic E-state index is 0.707. The summed E-state index contributed by atoms with van der Waals surface area (Å²) in [7, 11) is 0. The molecule has 12 nitrogen and oxygen atoms in total. The molecule has 0 amide bonds. The molecule has 0 fully saturated rings. The molecule has 0 radical (unpaired) electrons. The third-order valence-corrected chi connectivity index (χ3v) is 14.7. The lowest BCUT2D eigenvalue weighted by Crippen LogP contribution is -2.26. The normalized spacial score (nSPS) is 11.9. The Hall–Kier alpha value is -1.14. The fourth-order valence-electron chi connectivity index (χ4n) is 6.71. The molecule has 2 N–H and O–H groups in total. The van der Waals surface area contributed by atoms with Crippen LogP contribution < -0.4 is 10.6 Å². The van der Waals surface area contributed by atoms with Crippen molar-refractivity contribution in [2.24, 2.45) is 0 Å². The van der Waals surface area contributed by atoms with E-state index in [2.05, 4.69) is 85.6 Å². The Morgan fingerprint density at radius 3 is 0.719 bits per heavy atom. The van der Waals surface area contributed by atoms with Gasteiger partial charge in [0.25, 0.3) is 0 Å². The first kappa shape index (κ1) is 59.0. The van der Waals surface area contributed by atoms with E-state index in [-0.39, 0.29) is 0 Å². The van der Waals surface area contributed by atoms with Crippen LogP contribution in [0.25, 0.3) is 0 Å². The summed E-state index contributed by atoms with van der Waals surface area (Å²) in [4.78, 5) is 39.9. The zero-order chi connectivity index (χ0) is 46.3. The summed E-state index contributed by atoms with van der Waals surface area (Å²) in [5.74, 6) is 5.08. The molecule has 0 spiro atoms. The number of anilines is 2. The molecular weight excluding hydrogens is 873 g/mol. The zero-order valence-corrected chi connectivity index (χ0v) is 45.4. The second kappa shape index (κ2) is 40.9. The maximum atomic E-state index is 4.97. The molecule has 16 heteroatoms. The highest BCUT2D eigenvalue weighted by molar-refractivity contribution is 8.00. The number of rotatable bonds is 45. The van der Waals surface area contributed by atoms with E-state index in [4.69, 9.17) is 29.9 Å². The highest BCUT2D eigenvalue weighted by atomic mass is 32.2. The lowest BCUT2D eigenvalue weighted by molar-refractivity contribution is 0.309. The molecule has 0 saturated carbocycles. The summed E-state index contributed by atoms with van der Waals surface area (Å²) in [5, 5.41) is 10.5. The smallest absolute Gasteiger partial charge is 0.227 e. The summed E-state index contributed by atoms with van der Waals surface area (Å²) >= 11 is 7.04. The highest BCUT2D eigenvalue weighted by Gasteiger charge is 2.15. The SMILES string of the molecule is CCCCN(CCCC)CSc1nc(NCCCCCCNc2nc(SCN(CCCC)CCCC)nc(SCN(CCCC)CCCC)n2)nc(SCN(CCCC)CCCC)n1. The van der Waals surface area contributed by atoms with Crippen molar-refractivity contribution < 1.29 is 0 Å². The van der Waals surface area contributed by atoms with Crippen molar-refractivity contribution in [3.8, 4) is 0 Å². The van der Waals surface area contributed by atoms with Gasteiger partial charge in [0, 0.05) is 13.1 Å². The first-order valence-corrected chi connectivity index (χ1v) is 29.8. The molecule has 0 aliphatic carbocycles. The predicted octanol–water partition coefficient (Wildman–Crippen LogP) is 12.9. The summed E-state index contributed by atoms with van der Waals surface area (Å²) in [6, 6.07) is 0. The van der Waals surface area contributed by atoms with Crippen molar-refractivity contribution in [2.75, 3.05) is 99.6 Å². The highest BCUT2D eigenvalue weighted by Crippen LogP contribution is 2.25. The van der Waals surface area contributed by atoms with Gasteiger partial charge in [-0.1, -0.05) is 167 Å².